The number of benzene rings is 2. The third-order valence-corrected chi connectivity index (χ3v) is 7.38. The number of piperidine rings is 1. The maximum atomic E-state index is 13.2. The van der Waals surface area contributed by atoms with Gasteiger partial charge in [-0.3, -0.25) is 10.3 Å². The van der Waals surface area contributed by atoms with Crippen LogP contribution in [0.5, 0.6) is 0 Å². The third-order valence-electron chi connectivity index (χ3n) is 7.06. The van der Waals surface area contributed by atoms with Crippen LogP contribution in [0.4, 0.5) is 28.4 Å². The first-order chi connectivity index (χ1) is 20.8. The molecule has 13 heteroatoms. The number of primary amides is 1. The molecule has 1 aliphatic heterocycles. The second kappa shape index (κ2) is 16.7. The molecule has 0 spiro atoms. The van der Waals surface area contributed by atoms with Crippen LogP contribution in [0.3, 0.4) is 0 Å². The number of alkyl halides is 3. The molecule has 44 heavy (non-hydrogen) atoms. The van der Waals surface area contributed by atoms with E-state index in [-0.39, 0.29) is 43.5 Å². The Kier molecular flexibility index (Phi) is 13.7. The quantitative estimate of drug-likeness (QED) is 0.184. The fourth-order valence-electron chi connectivity index (χ4n) is 4.36. The van der Waals surface area contributed by atoms with Gasteiger partial charge in [0, 0.05) is 24.4 Å². The number of aliphatic imine (C=N–C) groups is 1. The predicted octanol–water partition coefficient (Wildman–Crippen LogP) is 6.94. The minimum Gasteiger partial charge on any atom is -0.400 e. The number of rotatable bonds is 8. The molecule has 0 saturated carbocycles. The zero-order valence-electron chi connectivity index (χ0n) is 25.5. The lowest BCUT2D eigenvalue weighted by Crippen LogP contribution is -2.47. The molecule has 2 aromatic rings. The first-order valence-electron chi connectivity index (χ1n) is 14.5. The summed E-state index contributed by atoms with van der Waals surface area (Å²) in [4.78, 5) is 31.7. The van der Waals surface area contributed by atoms with Crippen molar-refractivity contribution in [3.8, 4) is 0 Å². The Hall–Kier alpha value is -4.06. The fraction of sp³-hybridized carbons (Fsp3) is 0.419. The van der Waals surface area contributed by atoms with Crippen molar-refractivity contribution in [1.29, 1.82) is 5.41 Å². The highest BCUT2D eigenvalue weighted by Crippen LogP contribution is 2.27. The minimum absolute atomic E-state index is 0.0551. The van der Waals surface area contributed by atoms with E-state index >= 15 is 0 Å². The normalized spacial score (nSPS) is 16.0. The van der Waals surface area contributed by atoms with Crippen molar-refractivity contribution in [1.82, 2.24) is 15.1 Å². The molecular weight excluding hydrogens is 595 g/mol. The second-order valence-corrected chi connectivity index (χ2v) is 10.4. The number of carbonyl (C=O) groups excluding carboxylic acids is 2. The van der Waals surface area contributed by atoms with Crippen LogP contribution in [0.15, 0.2) is 64.8 Å². The van der Waals surface area contributed by atoms with Crippen LogP contribution in [0, 0.1) is 5.41 Å². The Labute approximate surface area is 261 Å². The zero-order valence-corrected chi connectivity index (χ0v) is 26.2. The predicted molar refractivity (Wildman–Crippen MR) is 170 cm³/mol. The summed E-state index contributed by atoms with van der Waals surface area (Å²) < 4.78 is 39.3. The molecule has 0 radical (unpaired) electrons. The van der Waals surface area contributed by atoms with Crippen molar-refractivity contribution in [3.05, 3.63) is 76.0 Å². The topological polar surface area (TPSA) is 141 Å². The van der Waals surface area contributed by atoms with Crippen LogP contribution in [0.25, 0.3) is 0 Å². The van der Waals surface area contributed by atoms with Crippen LogP contribution in [-0.2, 0) is 0 Å². The summed E-state index contributed by atoms with van der Waals surface area (Å²) in [6.45, 7) is 7.43. The number of amides is 4. The zero-order chi connectivity index (χ0) is 33.0. The van der Waals surface area contributed by atoms with Gasteiger partial charge in [-0.25, -0.2) is 14.6 Å². The van der Waals surface area contributed by atoms with E-state index in [2.05, 4.69) is 10.3 Å². The van der Waals surface area contributed by atoms with E-state index < -0.39 is 31.2 Å². The number of likely N-dealkylation sites (tertiary alicyclic amines) is 1. The van der Waals surface area contributed by atoms with Gasteiger partial charge < -0.3 is 21.7 Å². The average molecular weight is 636 g/mol. The molecule has 240 valence electrons. The molecule has 1 saturated heterocycles. The van der Waals surface area contributed by atoms with Crippen molar-refractivity contribution < 1.29 is 22.8 Å². The summed E-state index contributed by atoms with van der Waals surface area (Å²) >= 11 is 6.26. The number of nitrogens with one attached hydrogen (secondary N) is 2. The second-order valence-electron chi connectivity index (χ2n) is 9.98. The number of carbonyl (C=O) groups is 2. The molecule has 3 rings (SSSR count). The molecule has 9 nitrogen and oxygen atoms in total. The summed E-state index contributed by atoms with van der Waals surface area (Å²) in [6, 6.07) is 12.1. The molecule has 2 aromatic carbocycles. The highest BCUT2D eigenvalue weighted by molar-refractivity contribution is 6.33. The number of halogens is 4. The van der Waals surface area contributed by atoms with Crippen molar-refractivity contribution in [2.45, 2.75) is 59.1 Å². The van der Waals surface area contributed by atoms with Crippen molar-refractivity contribution in [3.63, 3.8) is 0 Å². The van der Waals surface area contributed by atoms with E-state index in [4.69, 9.17) is 28.5 Å². The van der Waals surface area contributed by atoms with Crippen LogP contribution >= 0.6 is 11.6 Å². The van der Waals surface area contributed by atoms with Crippen LogP contribution in [-0.4, -0.2) is 65.8 Å². The van der Waals surface area contributed by atoms with Gasteiger partial charge in [0.15, 0.2) is 0 Å². The van der Waals surface area contributed by atoms with Crippen LogP contribution < -0.4 is 16.8 Å². The minimum atomic E-state index is -4.53. The van der Waals surface area contributed by atoms with Crippen molar-refractivity contribution in [2.75, 3.05) is 26.2 Å². The van der Waals surface area contributed by atoms with Gasteiger partial charge >= 0.3 is 18.2 Å². The van der Waals surface area contributed by atoms with Gasteiger partial charge in [-0.2, -0.15) is 13.2 Å². The highest BCUT2D eigenvalue weighted by Gasteiger charge is 2.31. The van der Waals surface area contributed by atoms with Gasteiger partial charge in [0.05, 0.1) is 35.9 Å². The Morgan fingerprint density at radius 2 is 1.77 bits per heavy atom. The van der Waals surface area contributed by atoms with E-state index in [9.17, 15) is 22.8 Å². The Bertz CT molecular complexity index is 1360. The first-order valence-corrected chi connectivity index (χ1v) is 14.8. The third kappa shape index (κ3) is 10.3. The van der Waals surface area contributed by atoms with Gasteiger partial charge in [-0.15, -0.1) is 0 Å². The Balaban J connectivity index is 0.00000330. The van der Waals surface area contributed by atoms with E-state index in [0.717, 1.165) is 16.9 Å². The summed E-state index contributed by atoms with van der Waals surface area (Å²) in [5, 5.41) is 11.5. The van der Waals surface area contributed by atoms with Gasteiger partial charge in [-0.05, 0) is 42.0 Å². The maximum absolute atomic E-state index is 13.2. The van der Waals surface area contributed by atoms with Crippen molar-refractivity contribution in [2.24, 2.45) is 16.5 Å². The fourth-order valence-corrected chi connectivity index (χ4v) is 4.54. The lowest BCUT2D eigenvalue weighted by molar-refractivity contribution is -0.135. The summed E-state index contributed by atoms with van der Waals surface area (Å²) in [7, 11) is 0. The van der Waals surface area contributed by atoms with Crippen molar-refractivity contribution >= 4 is 40.9 Å². The molecule has 1 atom stereocenters. The monoisotopic (exact) mass is 635 g/mol. The van der Waals surface area contributed by atoms with Crippen LogP contribution in [0.1, 0.15) is 64.0 Å². The number of hydrogen-bond donors (Lipinski definition) is 4. The van der Waals surface area contributed by atoms with E-state index in [1.54, 1.807) is 48.5 Å². The number of para-hydroxylation sites is 1. The van der Waals surface area contributed by atoms with Gasteiger partial charge in [-0.1, -0.05) is 75.7 Å². The SMILES string of the molecule is CC.CCC(C)c1ccc(C(=N)N(CCC(F)(F)F)C(=O)NC/C(N)=C2\CCN(C(N)=O)CC2=Nc2ccccc2Cl)cc1. The van der Waals surface area contributed by atoms with E-state index in [1.165, 1.54) is 4.90 Å². The number of amidine groups is 1. The van der Waals surface area contributed by atoms with Gasteiger partial charge in [0.25, 0.3) is 0 Å². The smallest absolute Gasteiger partial charge is 0.390 e. The Morgan fingerprint density at radius 3 is 2.34 bits per heavy atom. The summed E-state index contributed by atoms with van der Waals surface area (Å²) in [5.74, 6) is -0.0931. The number of urea groups is 2. The molecule has 1 heterocycles. The van der Waals surface area contributed by atoms with Gasteiger partial charge in [0.1, 0.15) is 5.84 Å². The molecule has 6 N–H and O–H groups in total. The lowest BCUT2D eigenvalue weighted by Gasteiger charge is -2.30. The molecule has 1 fully saturated rings. The summed E-state index contributed by atoms with van der Waals surface area (Å²) in [5.41, 5.74) is 14.8. The van der Waals surface area contributed by atoms with Gasteiger partial charge in [0.2, 0.25) is 0 Å². The molecule has 0 aliphatic carbocycles. The number of nitrogens with zero attached hydrogens (tertiary/aromatic N) is 3. The van der Waals surface area contributed by atoms with E-state index in [1.807, 2.05) is 27.7 Å². The molecule has 0 aromatic heterocycles. The largest absolute Gasteiger partial charge is 0.400 e. The molecule has 1 unspecified atom stereocenters. The Morgan fingerprint density at radius 1 is 1.14 bits per heavy atom. The highest BCUT2D eigenvalue weighted by atomic mass is 35.5. The molecule has 1 aliphatic rings. The summed E-state index contributed by atoms with van der Waals surface area (Å²) in [6.07, 6.45) is -4.64. The molecule has 0 bridgehead atoms. The van der Waals surface area contributed by atoms with E-state index in [0.29, 0.717) is 27.6 Å². The maximum Gasteiger partial charge on any atom is 0.390 e. The first kappa shape index (κ1) is 36.1. The number of nitrogens with two attached hydrogens (primary N) is 2. The average Bonchev–Trinajstić information content (AvgIpc) is 3.01. The number of hydrogen-bond acceptors (Lipinski definition) is 5. The standard InChI is InChI=1S/C29H35ClF3N7O2.C2H6/c1-3-18(2)19-8-10-20(11-9-19)26(35)40(15-13-29(31,32)33)28(42)37-16-23(34)21-12-14-39(27(36)41)17-25(21)38-24-7-5-4-6-22(24)30;1-2/h4-11,18,35H,3,12-17,34H2,1-2H3,(H2,36,41)(H,37,42);1-2H3/b23-21-,35-26?,38-25?;. The lowest BCUT2D eigenvalue weighted by atomic mass is 9.97. The molecular formula is C31H41ClF3N7O2. The molecule has 4 amide bonds. The van der Waals surface area contributed by atoms with Crippen LogP contribution in [0.2, 0.25) is 5.02 Å².